The molecule has 3 rings (SSSR count). The lowest BCUT2D eigenvalue weighted by molar-refractivity contribution is -0.385. The minimum Gasteiger partial charge on any atom is -0.326 e. The van der Waals surface area contributed by atoms with Crippen LogP contribution in [0.25, 0.3) is 0 Å². The Labute approximate surface area is 159 Å². The summed E-state index contributed by atoms with van der Waals surface area (Å²) < 4.78 is 0. The standard InChI is InChI=1S/C18H16N4O6/c1-11-2-5-15(9-16(11)22(27)28)20-10-12(8-17(20)23)18(24)19-13-3-6-14(7-4-13)21(25)26/h2-7,9,12H,8,10H2,1H3,(H,19,24)/t12-/m1/s1. The number of hydrogen-bond donors (Lipinski definition) is 1. The fraction of sp³-hybridized carbons (Fsp3) is 0.222. The first kappa shape index (κ1) is 19.0. The molecule has 2 aromatic carbocycles. The highest BCUT2D eigenvalue weighted by atomic mass is 16.6. The zero-order valence-electron chi connectivity index (χ0n) is 14.8. The SMILES string of the molecule is Cc1ccc(N2C[C@H](C(=O)Nc3ccc([N+](=O)[O-])cc3)CC2=O)cc1[N+](=O)[O-]. The van der Waals surface area contributed by atoms with Crippen LogP contribution in [-0.2, 0) is 9.59 Å². The molecule has 1 aliphatic heterocycles. The molecule has 28 heavy (non-hydrogen) atoms. The number of non-ortho nitro benzene ring substituents is 1. The lowest BCUT2D eigenvalue weighted by Gasteiger charge is -2.17. The van der Waals surface area contributed by atoms with Gasteiger partial charge in [0.2, 0.25) is 11.8 Å². The monoisotopic (exact) mass is 384 g/mol. The van der Waals surface area contributed by atoms with Crippen LogP contribution >= 0.6 is 0 Å². The second-order valence-corrected chi connectivity index (χ2v) is 6.43. The fourth-order valence-corrected chi connectivity index (χ4v) is 3.01. The van der Waals surface area contributed by atoms with Crippen molar-refractivity contribution < 1.29 is 19.4 Å². The van der Waals surface area contributed by atoms with Crippen LogP contribution in [0.1, 0.15) is 12.0 Å². The van der Waals surface area contributed by atoms with Gasteiger partial charge in [-0.1, -0.05) is 6.07 Å². The van der Waals surface area contributed by atoms with Gasteiger partial charge in [0.25, 0.3) is 11.4 Å². The van der Waals surface area contributed by atoms with Gasteiger partial charge in [-0.25, -0.2) is 0 Å². The lowest BCUT2D eigenvalue weighted by atomic mass is 10.1. The molecule has 1 aliphatic rings. The third-order valence-electron chi connectivity index (χ3n) is 4.54. The molecule has 0 aromatic heterocycles. The Hall–Kier alpha value is -3.82. The molecule has 10 heteroatoms. The van der Waals surface area contributed by atoms with Gasteiger partial charge in [0.05, 0.1) is 21.5 Å². The van der Waals surface area contributed by atoms with Crippen LogP contribution in [0.5, 0.6) is 0 Å². The second-order valence-electron chi connectivity index (χ2n) is 6.43. The zero-order chi connectivity index (χ0) is 20.4. The molecule has 2 aromatic rings. The van der Waals surface area contributed by atoms with Crippen molar-refractivity contribution in [3.8, 4) is 0 Å². The Morgan fingerprint density at radius 1 is 1.11 bits per heavy atom. The average Bonchev–Trinajstić information content (AvgIpc) is 3.04. The number of aryl methyl sites for hydroxylation is 1. The number of nitro groups is 2. The molecule has 1 heterocycles. The molecule has 1 fully saturated rings. The summed E-state index contributed by atoms with van der Waals surface area (Å²) in [6.45, 7) is 1.70. The number of nitro benzene ring substituents is 2. The van der Waals surface area contributed by atoms with E-state index in [1.807, 2.05) is 0 Å². The van der Waals surface area contributed by atoms with Crippen LogP contribution in [0.15, 0.2) is 42.5 Å². The number of hydrogen-bond acceptors (Lipinski definition) is 6. The number of amides is 2. The van der Waals surface area contributed by atoms with Crippen LogP contribution in [-0.4, -0.2) is 28.2 Å². The van der Waals surface area contributed by atoms with Gasteiger partial charge in [0, 0.05) is 42.4 Å². The molecule has 0 spiro atoms. The number of anilines is 2. The van der Waals surface area contributed by atoms with Crippen LogP contribution in [0, 0.1) is 33.1 Å². The highest BCUT2D eigenvalue weighted by molar-refractivity contribution is 6.03. The van der Waals surface area contributed by atoms with E-state index in [1.165, 1.54) is 35.2 Å². The van der Waals surface area contributed by atoms with E-state index in [0.717, 1.165) is 0 Å². The molecule has 0 aliphatic carbocycles. The second kappa shape index (κ2) is 7.43. The van der Waals surface area contributed by atoms with Crippen molar-refractivity contribution in [2.24, 2.45) is 5.92 Å². The van der Waals surface area contributed by atoms with Crippen molar-refractivity contribution in [2.75, 3.05) is 16.8 Å². The smallest absolute Gasteiger partial charge is 0.274 e. The Kier molecular flexibility index (Phi) is 5.03. The van der Waals surface area contributed by atoms with Crippen LogP contribution in [0.3, 0.4) is 0 Å². The summed E-state index contributed by atoms with van der Waals surface area (Å²) in [5.41, 5.74) is 1.04. The van der Waals surface area contributed by atoms with E-state index >= 15 is 0 Å². The third-order valence-corrected chi connectivity index (χ3v) is 4.54. The summed E-state index contributed by atoms with van der Waals surface area (Å²) in [7, 11) is 0. The number of nitrogens with zero attached hydrogens (tertiary/aromatic N) is 3. The molecule has 0 bridgehead atoms. The molecule has 1 N–H and O–H groups in total. The van der Waals surface area contributed by atoms with Gasteiger partial charge in [-0.05, 0) is 25.1 Å². The predicted octanol–water partition coefficient (Wildman–Crippen LogP) is 2.80. The topological polar surface area (TPSA) is 136 Å². The zero-order valence-corrected chi connectivity index (χ0v) is 14.8. The molecule has 10 nitrogen and oxygen atoms in total. The number of rotatable bonds is 5. The molecule has 0 saturated carbocycles. The Morgan fingerprint density at radius 2 is 1.79 bits per heavy atom. The van der Waals surface area contributed by atoms with Crippen molar-refractivity contribution in [1.29, 1.82) is 0 Å². The molecule has 1 atom stereocenters. The lowest BCUT2D eigenvalue weighted by Crippen LogP contribution is -2.28. The van der Waals surface area contributed by atoms with Gasteiger partial charge in [0.15, 0.2) is 0 Å². The van der Waals surface area contributed by atoms with Gasteiger partial charge in [-0.15, -0.1) is 0 Å². The first-order chi connectivity index (χ1) is 13.3. The van der Waals surface area contributed by atoms with Gasteiger partial charge >= 0.3 is 0 Å². The van der Waals surface area contributed by atoms with Gasteiger partial charge in [-0.3, -0.25) is 29.8 Å². The van der Waals surface area contributed by atoms with E-state index in [4.69, 9.17) is 0 Å². The van der Waals surface area contributed by atoms with Crippen molar-refractivity contribution >= 4 is 34.6 Å². The first-order valence-electron chi connectivity index (χ1n) is 8.37. The van der Waals surface area contributed by atoms with Crippen LogP contribution < -0.4 is 10.2 Å². The maximum absolute atomic E-state index is 12.5. The van der Waals surface area contributed by atoms with Crippen molar-refractivity contribution in [1.82, 2.24) is 0 Å². The molecular formula is C18H16N4O6. The minimum absolute atomic E-state index is 0.0273. The molecule has 2 amide bonds. The summed E-state index contributed by atoms with van der Waals surface area (Å²) in [6.07, 6.45) is -0.0273. The quantitative estimate of drug-likeness (QED) is 0.622. The number of carbonyl (C=O) groups excluding carboxylic acids is 2. The number of benzene rings is 2. The normalized spacial score (nSPS) is 16.1. The van der Waals surface area contributed by atoms with E-state index in [0.29, 0.717) is 16.9 Å². The number of carbonyl (C=O) groups is 2. The summed E-state index contributed by atoms with van der Waals surface area (Å²) >= 11 is 0. The van der Waals surface area contributed by atoms with Crippen molar-refractivity contribution in [3.63, 3.8) is 0 Å². The van der Waals surface area contributed by atoms with Gasteiger partial charge < -0.3 is 10.2 Å². The van der Waals surface area contributed by atoms with Gasteiger partial charge in [0.1, 0.15) is 0 Å². The van der Waals surface area contributed by atoms with Crippen LogP contribution in [0.4, 0.5) is 22.7 Å². The molecule has 1 saturated heterocycles. The average molecular weight is 384 g/mol. The summed E-state index contributed by atoms with van der Waals surface area (Å²) in [4.78, 5) is 46.9. The Bertz CT molecular complexity index is 973. The minimum atomic E-state index is -0.636. The largest absolute Gasteiger partial charge is 0.326 e. The van der Waals surface area contributed by atoms with Gasteiger partial charge in [-0.2, -0.15) is 0 Å². The third kappa shape index (κ3) is 3.80. The van der Waals surface area contributed by atoms with E-state index < -0.39 is 21.7 Å². The summed E-state index contributed by atoms with van der Waals surface area (Å²) in [5.74, 6) is -1.34. The van der Waals surface area contributed by atoms with E-state index in [1.54, 1.807) is 19.1 Å². The van der Waals surface area contributed by atoms with E-state index in [2.05, 4.69) is 5.32 Å². The Morgan fingerprint density at radius 3 is 2.39 bits per heavy atom. The maximum atomic E-state index is 12.5. The highest BCUT2D eigenvalue weighted by Crippen LogP contribution is 2.30. The predicted molar refractivity (Wildman–Crippen MR) is 100 cm³/mol. The summed E-state index contributed by atoms with van der Waals surface area (Å²) in [6, 6.07) is 9.85. The molecule has 144 valence electrons. The summed E-state index contributed by atoms with van der Waals surface area (Å²) in [5, 5.41) is 24.4. The van der Waals surface area contributed by atoms with Crippen molar-refractivity contribution in [3.05, 3.63) is 68.3 Å². The molecule has 0 radical (unpaired) electrons. The van der Waals surface area contributed by atoms with E-state index in [9.17, 15) is 29.8 Å². The van der Waals surface area contributed by atoms with Crippen LogP contribution in [0.2, 0.25) is 0 Å². The van der Waals surface area contributed by atoms with Crippen molar-refractivity contribution in [2.45, 2.75) is 13.3 Å². The molecular weight excluding hydrogens is 368 g/mol. The first-order valence-corrected chi connectivity index (χ1v) is 8.37. The number of nitrogens with one attached hydrogen (secondary N) is 1. The Balaban J connectivity index is 1.71. The molecule has 0 unspecified atom stereocenters. The fourth-order valence-electron chi connectivity index (χ4n) is 3.01. The van der Waals surface area contributed by atoms with E-state index in [-0.39, 0.29) is 30.2 Å². The maximum Gasteiger partial charge on any atom is 0.274 e. The highest BCUT2D eigenvalue weighted by Gasteiger charge is 2.35.